The Morgan fingerprint density at radius 2 is 1.73 bits per heavy atom. The Labute approximate surface area is 171 Å². The number of benzene rings is 1. The summed E-state index contributed by atoms with van der Waals surface area (Å²) in [5.74, 6) is -0.487. The Morgan fingerprint density at radius 1 is 1.00 bits per heavy atom. The molecule has 3 heterocycles. The van der Waals surface area contributed by atoms with Crippen molar-refractivity contribution in [3.63, 3.8) is 0 Å². The second-order valence-electron chi connectivity index (χ2n) is 7.41. The summed E-state index contributed by atoms with van der Waals surface area (Å²) < 4.78 is 15.5. The van der Waals surface area contributed by atoms with E-state index in [1.54, 1.807) is 17.0 Å². The standard InChI is InChI=1S/C21H22FN5O3/c1-24-18-17(20(29)25(2)21(24)30)12-14(13-23-18)19(28)27-9-3-8-26(10-11-27)16-6-4-15(22)5-7-16/h4-7,12-13H,3,8-11H2,1-2H3. The van der Waals surface area contributed by atoms with E-state index in [4.69, 9.17) is 0 Å². The van der Waals surface area contributed by atoms with Crippen molar-refractivity contribution in [3.05, 3.63) is 68.7 Å². The van der Waals surface area contributed by atoms with Crippen LogP contribution in [0.4, 0.5) is 10.1 Å². The van der Waals surface area contributed by atoms with E-state index in [2.05, 4.69) is 9.88 Å². The minimum Gasteiger partial charge on any atom is -0.370 e. The molecule has 30 heavy (non-hydrogen) atoms. The van der Waals surface area contributed by atoms with Crippen LogP contribution in [0.3, 0.4) is 0 Å². The normalized spacial score (nSPS) is 14.8. The smallest absolute Gasteiger partial charge is 0.332 e. The number of fused-ring (bicyclic) bond motifs is 1. The molecule has 3 aromatic rings. The average Bonchev–Trinajstić information content (AvgIpc) is 3.02. The molecule has 4 rings (SSSR count). The first-order valence-corrected chi connectivity index (χ1v) is 9.72. The minimum atomic E-state index is -0.478. The van der Waals surface area contributed by atoms with E-state index in [-0.39, 0.29) is 22.8 Å². The second-order valence-corrected chi connectivity index (χ2v) is 7.41. The predicted octanol–water partition coefficient (Wildman–Crippen LogP) is 1.12. The number of hydrogen-bond acceptors (Lipinski definition) is 5. The number of carbonyl (C=O) groups is 1. The first-order chi connectivity index (χ1) is 14.4. The number of anilines is 1. The first kappa shape index (κ1) is 19.8. The summed E-state index contributed by atoms with van der Waals surface area (Å²) in [7, 11) is 2.94. The van der Waals surface area contributed by atoms with Crippen LogP contribution in [0.25, 0.3) is 11.0 Å². The van der Waals surface area contributed by atoms with Crippen LogP contribution >= 0.6 is 0 Å². The maximum atomic E-state index is 13.2. The zero-order valence-electron chi connectivity index (χ0n) is 16.8. The van der Waals surface area contributed by atoms with Crippen LogP contribution in [0.15, 0.2) is 46.1 Å². The number of pyridine rings is 1. The monoisotopic (exact) mass is 411 g/mol. The lowest BCUT2D eigenvalue weighted by molar-refractivity contribution is 0.0767. The highest BCUT2D eigenvalue weighted by Gasteiger charge is 2.22. The Balaban J connectivity index is 1.58. The van der Waals surface area contributed by atoms with E-state index >= 15 is 0 Å². The van der Waals surface area contributed by atoms with Gasteiger partial charge in [-0.3, -0.25) is 18.7 Å². The number of aryl methyl sites for hydroxylation is 1. The third-order valence-corrected chi connectivity index (χ3v) is 5.52. The first-order valence-electron chi connectivity index (χ1n) is 9.72. The van der Waals surface area contributed by atoms with Gasteiger partial charge in [0.15, 0.2) is 0 Å². The SMILES string of the molecule is Cn1c(=O)c2cc(C(=O)N3CCCN(c4ccc(F)cc4)CC3)cnc2n(C)c1=O. The van der Waals surface area contributed by atoms with Crippen molar-refractivity contribution in [2.75, 3.05) is 31.1 Å². The summed E-state index contributed by atoms with van der Waals surface area (Å²) >= 11 is 0. The van der Waals surface area contributed by atoms with Crippen molar-refractivity contribution in [1.82, 2.24) is 19.0 Å². The third kappa shape index (κ3) is 3.47. The van der Waals surface area contributed by atoms with Gasteiger partial charge in [0, 0.05) is 52.2 Å². The van der Waals surface area contributed by atoms with Crippen LogP contribution in [-0.4, -0.2) is 51.1 Å². The molecule has 0 atom stereocenters. The van der Waals surface area contributed by atoms with Gasteiger partial charge in [0.25, 0.3) is 11.5 Å². The van der Waals surface area contributed by atoms with E-state index in [9.17, 15) is 18.8 Å². The van der Waals surface area contributed by atoms with Gasteiger partial charge in [0.1, 0.15) is 11.5 Å². The van der Waals surface area contributed by atoms with Gasteiger partial charge in [-0.05, 0) is 36.8 Å². The molecule has 0 aliphatic carbocycles. The zero-order valence-corrected chi connectivity index (χ0v) is 16.8. The highest BCUT2D eigenvalue weighted by molar-refractivity contribution is 5.96. The fraction of sp³-hybridized carbons (Fsp3) is 0.333. The molecule has 1 fully saturated rings. The summed E-state index contributed by atoms with van der Waals surface area (Å²) in [4.78, 5) is 45.7. The second kappa shape index (κ2) is 7.74. The molecule has 0 N–H and O–H groups in total. The number of rotatable bonds is 2. The van der Waals surface area contributed by atoms with Crippen molar-refractivity contribution in [2.24, 2.45) is 14.1 Å². The van der Waals surface area contributed by atoms with Crippen molar-refractivity contribution >= 4 is 22.6 Å². The Bertz CT molecular complexity index is 1230. The average molecular weight is 411 g/mol. The van der Waals surface area contributed by atoms with E-state index in [0.29, 0.717) is 25.2 Å². The number of halogens is 1. The highest BCUT2D eigenvalue weighted by atomic mass is 19.1. The molecule has 0 saturated carbocycles. The molecular formula is C21H22FN5O3. The van der Waals surface area contributed by atoms with Crippen LogP contribution in [-0.2, 0) is 14.1 Å². The molecule has 0 spiro atoms. The third-order valence-electron chi connectivity index (χ3n) is 5.52. The molecule has 0 unspecified atom stereocenters. The van der Waals surface area contributed by atoms with E-state index < -0.39 is 11.2 Å². The van der Waals surface area contributed by atoms with E-state index in [1.807, 2.05) is 0 Å². The van der Waals surface area contributed by atoms with Crippen LogP contribution < -0.4 is 16.1 Å². The molecule has 0 bridgehead atoms. The lowest BCUT2D eigenvalue weighted by Crippen LogP contribution is -2.38. The summed E-state index contributed by atoms with van der Waals surface area (Å²) in [6.45, 7) is 2.45. The van der Waals surface area contributed by atoms with E-state index in [1.165, 1.54) is 43.1 Å². The Morgan fingerprint density at radius 3 is 2.47 bits per heavy atom. The van der Waals surface area contributed by atoms with Crippen molar-refractivity contribution in [1.29, 1.82) is 0 Å². The summed E-state index contributed by atoms with van der Waals surface area (Å²) in [5, 5.41) is 0.230. The molecule has 1 saturated heterocycles. The lowest BCUT2D eigenvalue weighted by atomic mass is 10.2. The van der Waals surface area contributed by atoms with E-state index in [0.717, 1.165) is 23.2 Å². The molecule has 1 amide bonds. The maximum absolute atomic E-state index is 13.2. The van der Waals surface area contributed by atoms with Gasteiger partial charge in [-0.15, -0.1) is 0 Å². The van der Waals surface area contributed by atoms with Gasteiger partial charge < -0.3 is 9.80 Å². The maximum Gasteiger partial charge on any atom is 0.332 e. The van der Waals surface area contributed by atoms with Gasteiger partial charge in [-0.1, -0.05) is 0 Å². The van der Waals surface area contributed by atoms with Crippen LogP contribution in [0, 0.1) is 5.82 Å². The highest BCUT2D eigenvalue weighted by Crippen LogP contribution is 2.18. The van der Waals surface area contributed by atoms with Crippen molar-refractivity contribution in [2.45, 2.75) is 6.42 Å². The number of carbonyl (C=O) groups excluding carboxylic acids is 1. The quantitative estimate of drug-likeness (QED) is 0.632. The van der Waals surface area contributed by atoms with Crippen molar-refractivity contribution < 1.29 is 9.18 Å². The molecule has 0 radical (unpaired) electrons. The van der Waals surface area contributed by atoms with Gasteiger partial charge in [-0.2, -0.15) is 0 Å². The van der Waals surface area contributed by atoms with Crippen LogP contribution in [0.5, 0.6) is 0 Å². The van der Waals surface area contributed by atoms with Gasteiger partial charge >= 0.3 is 5.69 Å². The molecule has 156 valence electrons. The van der Waals surface area contributed by atoms with Gasteiger partial charge in [0.05, 0.1) is 10.9 Å². The summed E-state index contributed by atoms with van der Waals surface area (Å²) in [6, 6.07) is 7.84. The molecule has 1 aliphatic heterocycles. The summed E-state index contributed by atoms with van der Waals surface area (Å²) in [6.07, 6.45) is 2.17. The number of aromatic nitrogens is 3. The number of amides is 1. The van der Waals surface area contributed by atoms with Gasteiger partial charge in [0.2, 0.25) is 0 Å². The fourth-order valence-electron chi connectivity index (χ4n) is 3.80. The van der Waals surface area contributed by atoms with Crippen LogP contribution in [0.2, 0.25) is 0 Å². The molecular weight excluding hydrogens is 389 g/mol. The topological polar surface area (TPSA) is 80.4 Å². The van der Waals surface area contributed by atoms with Crippen LogP contribution in [0.1, 0.15) is 16.8 Å². The minimum absolute atomic E-state index is 0.207. The Kier molecular flexibility index (Phi) is 5.11. The molecule has 8 nitrogen and oxygen atoms in total. The fourth-order valence-corrected chi connectivity index (χ4v) is 3.80. The lowest BCUT2D eigenvalue weighted by Gasteiger charge is -2.23. The predicted molar refractivity (Wildman–Crippen MR) is 111 cm³/mol. The molecule has 2 aromatic heterocycles. The van der Waals surface area contributed by atoms with Crippen molar-refractivity contribution in [3.8, 4) is 0 Å². The zero-order chi connectivity index (χ0) is 21.4. The summed E-state index contributed by atoms with van der Waals surface area (Å²) in [5.41, 5.74) is 0.537. The number of nitrogens with zero attached hydrogens (tertiary/aromatic N) is 5. The molecule has 1 aliphatic rings. The molecule has 9 heteroatoms. The van der Waals surface area contributed by atoms with Gasteiger partial charge in [-0.25, -0.2) is 14.2 Å². The number of hydrogen-bond donors (Lipinski definition) is 0. The Hall–Kier alpha value is -3.49. The molecule has 1 aromatic carbocycles. The largest absolute Gasteiger partial charge is 0.370 e.